The maximum Gasteiger partial charge on any atom is 0.256 e. The van der Waals surface area contributed by atoms with E-state index in [1.54, 1.807) is 4.90 Å². The van der Waals surface area contributed by atoms with E-state index < -0.39 is 0 Å². The second kappa shape index (κ2) is 4.69. The number of carbonyl (C=O) groups is 1. The van der Waals surface area contributed by atoms with Gasteiger partial charge in [0, 0.05) is 7.05 Å². The van der Waals surface area contributed by atoms with Crippen LogP contribution in [0, 0.1) is 13.8 Å². The highest BCUT2D eigenvalue weighted by Gasteiger charge is 2.34. The molecule has 5 heteroatoms. The second-order valence-electron chi connectivity index (χ2n) is 5.92. The van der Waals surface area contributed by atoms with Crippen LogP contribution in [0.3, 0.4) is 0 Å². The highest BCUT2D eigenvalue weighted by molar-refractivity contribution is 6.15. The molecule has 2 heterocycles. The van der Waals surface area contributed by atoms with Crippen molar-refractivity contribution in [2.24, 2.45) is 10.2 Å². The molecule has 1 atom stereocenters. The Kier molecular flexibility index (Phi) is 3.08. The number of aryl methyl sites for hydroxylation is 2. The summed E-state index contributed by atoms with van der Waals surface area (Å²) in [6.45, 7) is 8.66. The Morgan fingerprint density at radius 1 is 1.14 bits per heavy atom. The number of benzene rings is 1. The first kappa shape index (κ1) is 13.8. The number of amidine groups is 1. The third-order valence-electron chi connectivity index (χ3n) is 4.42. The molecular weight excluding hydrogens is 264 g/mol. The summed E-state index contributed by atoms with van der Waals surface area (Å²) in [5.41, 5.74) is 4.95. The largest absolute Gasteiger partial charge is 0.334 e. The van der Waals surface area contributed by atoms with E-state index in [0.717, 1.165) is 28.4 Å². The number of fused-ring (bicyclic) bond motifs is 3. The maximum absolute atomic E-state index is 12.6. The molecule has 0 aliphatic carbocycles. The van der Waals surface area contributed by atoms with E-state index in [1.165, 1.54) is 5.56 Å². The molecule has 0 N–H and O–H groups in total. The quantitative estimate of drug-likeness (QED) is 0.734. The van der Waals surface area contributed by atoms with Crippen LogP contribution < -0.4 is 4.90 Å². The second-order valence-corrected chi connectivity index (χ2v) is 5.92. The molecule has 0 saturated heterocycles. The molecule has 1 aromatic rings. The van der Waals surface area contributed by atoms with E-state index in [-0.39, 0.29) is 11.9 Å². The zero-order valence-electron chi connectivity index (χ0n) is 13.1. The van der Waals surface area contributed by atoms with E-state index in [0.29, 0.717) is 6.54 Å². The Morgan fingerprint density at radius 3 is 2.52 bits per heavy atom. The molecule has 0 bridgehead atoms. The van der Waals surface area contributed by atoms with Gasteiger partial charge in [-0.05, 0) is 51.0 Å². The van der Waals surface area contributed by atoms with E-state index >= 15 is 0 Å². The molecule has 0 aromatic heterocycles. The lowest BCUT2D eigenvalue weighted by atomic mass is 10.0. The van der Waals surface area contributed by atoms with Gasteiger partial charge in [0.1, 0.15) is 0 Å². The highest BCUT2D eigenvalue weighted by Crippen LogP contribution is 2.31. The Hall–Kier alpha value is -2.17. The molecule has 3 rings (SSSR count). The predicted molar refractivity (Wildman–Crippen MR) is 85.4 cm³/mol. The minimum atomic E-state index is 0.0371. The number of amides is 1. The zero-order chi connectivity index (χ0) is 15.3. The van der Waals surface area contributed by atoms with Gasteiger partial charge in [0.25, 0.3) is 5.91 Å². The van der Waals surface area contributed by atoms with Crippen LogP contribution in [0.15, 0.2) is 22.3 Å². The number of hydrogen-bond acceptors (Lipinski definition) is 4. The van der Waals surface area contributed by atoms with Crippen molar-refractivity contribution in [1.82, 2.24) is 4.90 Å². The van der Waals surface area contributed by atoms with Gasteiger partial charge in [0.15, 0.2) is 5.84 Å². The highest BCUT2D eigenvalue weighted by atomic mass is 16.2. The maximum atomic E-state index is 12.6. The smallest absolute Gasteiger partial charge is 0.256 e. The summed E-state index contributed by atoms with van der Waals surface area (Å²) in [6.07, 6.45) is 0. The van der Waals surface area contributed by atoms with Crippen molar-refractivity contribution in [2.75, 3.05) is 18.5 Å². The third-order valence-corrected chi connectivity index (χ3v) is 4.42. The fourth-order valence-corrected chi connectivity index (χ4v) is 2.80. The standard InChI is InChI=1S/C16H20N4O/c1-9-6-13-14(7-10(9)2)20-12(4)11(3)17-18-15(20)8-19(5)16(13)21/h6-7,12H,8H2,1-5H3. The average molecular weight is 284 g/mol. The average Bonchev–Trinajstić information content (AvgIpc) is 2.54. The van der Waals surface area contributed by atoms with Crippen LogP contribution in [0.25, 0.3) is 0 Å². The van der Waals surface area contributed by atoms with Crippen LogP contribution in [0.2, 0.25) is 0 Å². The first-order chi connectivity index (χ1) is 9.90. The minimum absolute atomic E-state index is 0.0371. The summed E-state index contributed by atoms with van der Waals surface area (Å²) in [6, 6.07) is 4.18. The van der Waals surface area contributed by atoms with Gasteiger partial charge >= 0.3 is 0 Å². The van der Waals surface area contributed by atoms with Crippen molar-refractivity contribution < 1.29 is 4.79 Å². The molecular formula is C16H20N4O. The van der Waals surface area contributed by atoms with Crippen LogP contribution in [-0.2, 0) is 0 Å². The Morgan fingerprint density at radius 2 is 1.81 bits per heavy atom. The summed E-state index contributed by atoms with van der Waals surface area (Å²) in [7, 11) is 1.81. The van der Waals surface area contributed by atoms with Gasteiger partial charge in [0.05, 0.1) is 29.5 Å². The normalized spacial score (nSPS) is 21.4. The molecule has 1 unspecified atom stereocenters. The number of carbonyl (C=O) groups excluding carboxylic acids is 1. The van der Waals surface area contributed by atoms with E-state index in [1.807, 2.05) is 27.0 Å². The molecule has 0 saturated carbocycles. The number of likely N-dealkylation sites (N-methyl/N-ethyl adjacent to an activating group) is 1. The monoisotopic (exact) mass is 284 g/mol. The third kappa shape index (κ3) is 2.04. The van der Waals surface area contributed by atoms with Crippen LogP contribution >= 0.6 is 0 Å². The van der Waals surface area contributed by atoms with Crippen LogP contribution in [0.4, 0.5) is 5.69 Å². The summed E-state index contributed by atoms with van der Waals surface area (Å²) >= 11 is 0. The van der Waals surface area contributed by atoms with Crippen molar-refractivity contribution >= 4 is 23.1 Å². The van der Waals surface area contributed by atoms with E-state index in [2.05, 4.69) is 35.0 Å². The van der Waals surface area contributed by atoms with Crippen molar-refractivity contribution in [3.05, 3.63) is 28.8 Å². The Balaban J connectivity index is 2.26. The lowest BCUT2D eigenvalue weighted by Gasteiger charge is -2.33. The fourth-order valence-electron chi connectivity index (χ4n) is 2.80. The van der Waals surface area contributed by atoms with Gasteiger partial charge in [-0.2, -0.15) is 5.10 Å². The molecule has 0 fully saturated rings. The predicted octanol–water partition coefficient (Wildman–Crippen LogP) is 2.37. The molecule has 110 valence electrons. The van der Waals surface area contributed by atoms with Crippen LogP contribution in [0.1, 0.15) is 35.3 Å². The number of rotatable bonds is 0. The van der Waals surface area contributed by atoms with Crippen molar-refractivity contribution in [3.8, 4) is 0 Å². The minimum Gasteiger partial charge on any atom is -0.334 e. The van der Waals surface area contributed by atoms with Gasteiger partial charge < -0.3 is 9.80 Å². The Bertz CT molecular complexity index is 690. The molecule has 1 amide bonds. The van der Waals surface area contributed by atoms with Gasteiger partial charge in [-0.1, -0.05) is 0 Å². The Labute approximate surface area is 125 Å². The first-order valence-electron chi connectivity index (χ1n) is 7.17. The molecule has 2 aliphatic heterocycles. The van der Waals surface area contributed by atoms with Gasteiger partial charge in [-0.15, -0.1) is 5.10 Å². The first-order valence-corrected chi connectivity index (χ1v) is 7.17. The van der Waals surface area contributed by atoms with Crippen molar-refractivity contribution in [2.45, 2.75) is 33.7 Å². The lowest BCUT2D eigenvalue weighted by Crippen LogP contribution is -2.47. The van der Waals surface area contributed by atoms with E-state index in [9.17, 15) is 4.79 Å². The fraction of sp³-hybridized carbons (Fsp3) is 0.438. The molecule has 2 aliphatic rings. The molecule has 0 spiro atoms. The van der Waals surface area contributed by atoms with E-state index in [4.69, 9.17) is 0 Å². The van der Waals surface area contributed by atoms with Crippen LogP contribution in [0.5, 0.6) is 0 Å². The number of anilines is 1. The lowest BCUT2D eigenvalue weighted by molar-refractivity contribution is 0.0817. The zero-order valence-corrected chi connectivity index (χ0v) is 13.1. The molecule has 1 aromatic carbocycles. The summed E-state index contributed by atoms with van der Waals surface area (Å²) in [5, 5.41) is 8.55. The van der Waals surface area contributed by atoms with Crippen molar-refractivity contribution in [1.29, 1.82) is 0 Å². The number of nitrogens with zero attached hydrogens (tertiary/aromatic N) is 4. The van der Waals surface area contributed by atoms with Gasteiger partial charge in [0.2, 0.25) is 0 Å². The van der Waals surface area contributed by atoms with Crippen LogP contribution in [-0.4, -0.2) is 42.0 Å². The summed E-state index contributed by atoms with van der Waals surface area (Å²) in [4.78, 5) is 16.5. The van der Waals surface area contributed by atoms with Gasteiger partial charge in [-0.25, -0.2) is 0 Å². The molecule has 21 heavy (non-hydrogen) atoms. The molecule has 0 radical (unpaired) electrons. The van der Waals surface area contributed by atoms with Crippen molar-refractivity contribution in [3.63, 3.8) is 0 Å². The summed E-state index contributed by atoms with van der Waals surface area (Å²) in [5.74, 6) is 0.862. The molecule has 5 nitrogen and oxygen atoms in total. The van der Waals surface area contributed by atoms with Gasteiger partial charge in [-0.3, -0.25) is 4.79 Å². The SMILES string of the molecule is CC1=NN=C2CN(C)C(=O)c3cc(C)c(C)cc3N2C1C. The summed E-state index contributed by atoms with van der Waals surface area (Å²) < 4.78 is 0. The number of hydrogen-bond donors (Lipinski definition) is 0. The topological polar surface area (TPSA) is 48.3 Å².